The molecule has 0 bridgehead atoms. The molecule has 0 fully saturated rings. The van der Waals surface area contributed by atoms with Crippen LogP contribution in [-0.2, 0) is 5.88 Å². The van der Waals surface area contributed by atoms with E-state index in [4.69, 9.17) is 39.5 Å². The summed E-state index contributed by atoms with van der Waals surface area (Å²) in [5.74, 6) is 1.57. The van der Waals surface area contributed by atoms with Gasteiger partial charge in [0.25, 0.3) is 0 Å². The number of rotatable bonds is 3. The van der Waals surface area contributed by atoms with Crippen molar-refractivity contribution in [1.29, 1.82) is 0 Å². The van der Waals surface area contributed by atoms with Crippen LogP contribution in [-0.4, -0.2) is 4.98 Å². The SMILES string of the molecule is ClCc1ccncc1Oc1ccc(Cl)c(Cl)c1. The smallest absolute Gasteiger partial charge is 0.150 e. The van der Waals surface area contributed by atoms with Crippen molar-refractivity contribution in [2.24, 2.45) is 0 Å². The third-order valence-electron chi connectivity index (χ3n) is 2.13. The highest BCUT2D eigenvalue weighted by Crippen LogP contribution is 2.30. The number of aromatic nitrogens is 1. The number of pyridine rings is 1. The molecule has 1 aromatic heterocycles. The van der Waals surface area contributed by atoms with E-state index in [1.807, 2.05) is 0 Å². The fourth-order valence-electron chi connectivity index (χ4n) is 1.28. The largest absolute Gasteiger partial charge is 0.455 e. The number of alkyl halides is 1. The normalized spacial score (nSPS) is 10.3. The maximum absolute atomic E-state index is 5.90. The Kier molecular flexibility index (Phi) is 4.11. The van der Waals surface area contributed by atoms with Crippen molar-refractivity contribution in [2.45, 2.75) is 5.88 Å². The van der Waals surface area contributed by atoms with E-state index in [9.17, 15) is 0 Å². The summed E-state index contributed by atoms with van der Waals surface area (Å²) in [7, 11) is 0. The van der Waals surface area contributed by atoms with Gasteiger partial charge in [0.05, 0.1) is 22.1 Å². The van der Waals surface area contributed by atoms with Gasteiger partial charge in [-0.2, -0.15) is 0 Å². The molecule has 17 heavy (non-hydrogen) atoms. The van der Waals surface area contributed by atoms with Crippen LogP contribution in [0.25, 0.3) is 0 Å². The molecule has 0 saturated heterocycles. The van der Waals surface area contributed by atoms with Crippen LogP contribution in [0.2, 0.25) is 10.0 Å². The van der Waals surface area contributed by atoms with Gasteiger partial charge in [0.1, 0.15) is 11.5 Å². The molecular formula is C12H8Cl3NO. The molecule has 1 heterocycles. The summed E-state index contributed by atoms with van der Waals surface area (Å²) in [5, 5.41) is 0.934. The van der Waals surface area contributed by atoms with Crippen molar-refractivity contribution < 1.29 is 4.74 Å². The monoisotopic (exact) mass is 287 g/mol. The highest BCUT2D eigenvalue weighted by molar-refractivity contribution is 6.42. The van der Waals surface area contributed by atoms with E-state index in [0.717, 1.165) is 5.56 Å². The average molecular weight is 289 g/mol. The lowest BCUT2D eigenvalue weighted by molar-refractivity contribution is 0.476. The number of nitrogens with zero attached hydrogens (tertiary/aromatic N) is 1. The van der Waals surface area contributed by atoms with Gasteiger partial charge in [-0.25, -0.2) is 0 Å². The Morgan fingerprint density at radius 1 is 1.12 bits per heavy atom. The molecule has 0 saturated carbocycles. The summed E-state index contributed by atoms with van der Waals surface area (Å²) in [4.78, 5) is 3.99. The molecular weight excluding hydrogens is 280 g/mol. The van der Waals surface area contributed by atoms with E-state index in [1.165, 1.54) is 0 Å². The van der Waals surface area contributed by atoms with Crippen LogP contribution >= 0.6 is 34.8 Å². The summed E-state index contributed by atoms with van der Waals surface area (Å²) in [6.07, 6.45) is 3.28. The lowest BCUT2D eigenvalue weighted by Crippen LogP contribution is -1.90. The number of hydrogen-bond acceptors (Lipinski definition) is 2. The second-order valence-corrected chi connectivity index (χ2v) is 4.38. The standard InChI is InChI=1S/C12H8Cl3NO/c13-6-8-3-4-16-7-12(8)17-9-1-2-10(14)11(15)5-9/h1-5,7H,6H2. The van der Waals surface area contributed by atoms with Crippen LogP contribution in [0.5, 0.6) is 11.5 Å². The number of benzene rings is 1. The molecule has 0 radical (unpaired) electrons. The van der Waals surface area contributed by atoms with E-state index >= 15 is 0 Å². The molecule has 0 spiro atoms. The van der Waals surface area contributed by atoms with E-state index in [-0.39, 0.29) is 0 Å². The van der Waals surface area contributed by atoms with Crippen LogP contribution in [0.3, 0.4) is 0 Å². The molecule has 0 aliphatic heterocycles. The first-order valence-corrected chi connectivity index (χ1v) is 6.11. The molecule has 0 aliphatic rings. The Morgan fingerprint density at radius 2 is 1.94 bits per heavy atom. The van der Waals surface area contributed by atoms with Crippen LogP contribution in [0.4, 0.5) is 0 Å². The summed E-state index contributed by atoms with van der Waals surface area (Å²) in [5.41, 5.74) is 0.868. The molecule has 2 aromatic rings. The Morgan fingerprint density at radius 3 is 2.65 bits per heavy atom. The average Bonchev–Trinajstić information content (AvgIpc) is 2.34. The Hall–Kier alpha value is -0.960. The van der Waals surface area contributed by atoms with Crippen LogP contribution in [0, 0.1) is 0 Å². The number of hydrogen-bond donors (Lipinski definition) is 0. The number of halogens is 3. The van der Waals surface area contributed by atoms with Crippen molar-refractivity contribution in [3.05, 3.63) is 52.3 Å². The first-order valence-electron chi connectivity index (χ1n) is 4.82. The van der Waals surface area contributed by atoms with Crippen molar-refractivity contribution in [2.75, 3.05) is 0 Å². The molecule has 0 unspecified atom stereocenters. The van der Waals surface area contributed by atoms with Gasteiger partial charge in [0.15, 0.2) is 0 Å². The summed E-state index contributed by atoms with van der Waals surface area (Å²) < 4.78 is 5.65. The van der Waals surface area contributed by atoms with Crippen LogP contribution in [0.15, 0.2) is 36.7 Å². The molecule has 0 atom stereocenters. The van der Waals surface area contributed by atoms with Crippen molar-refractivity contribution in [3.63, 3.8) is 0 Å². The predicted molar refractivity (Wildman–Crippen MR) is 70.3 cm³/mol. The van der Waals surface area contributed by atoms with Crippen molar-refractivity contribution in [3.8, 4) is 11.5 Å². The zero-order chi connectivity index (χ0) is 12.3. The van der Waals surface area contributed by atoms with Gasteiger partial charge in [-0.3, -0.25) is 4.98 Å². The van der Waals surface area contributed by atoms with E-state index in [1.54, 1.807) is 36.7 Å². The zero-order valence-corrected chi connectivity index (χ0v) is 10.9. The maximum Gasteiger partial charge on any atom is 0.150 e. The van der Waals surface area contributed by atoms with Gasteiger partial charge in [0.2, 0.25) is 0 Å². The quantitative estimate of drug-likeness (QED) is 0.748. The topological polar surface area (TPSA) is 22.1 Å². The first kappa shape index (κ1) is 12.5. The Bertz CT molecular complexity index is 531. The number of ether oxygens (including phenoxy) is 1. The second kappa shape index (κ2) is 5.58. The Labute approximate surface area is 114 Å². The highest BCUT2D eigenvalue weighted by atomic mass is 35.5. The zero-order valence-electron chi connectivity index (χ0n) is 8.66. The molecule has 2 rings (SSSR count). The Balaban J connectivity index is 2.28. The van der Waals surface area contributed by atoms with Gasteiger partial charge in [-0.1, -0.05) is 23.2 Å². The molecule has 5 heteroatoms. The van der Waals surface area contributed by atoms with Gasteiger partial charge >= 0.3 is 0 Å². The van der Waals surface area contributed by atoms with E-state index < -0.39 is 0 Å². The second-order valence-electron chi connectivity index (χ2n) is 3.30. The van der Waals surface area contributed by atoms with Crippen molar-refractivity contribution >= 4 is 34.8 Å². The lowest BCUT2D eigenvalue weighted by atomic mass is 10.3. The van der Waals surface area contributed by atoms with Gasteiger partial charge in [-0.15, -0.1) is 11.6 Å². The van der Waals surface area contributed by atoms with E-state index in [2.05, 4.69) is 4.98 Å². The molecule has 0 N–H and O–H groups in total. The van der Waals surface area contributed by atoms with Crippen LogP contribution < -0.4 is 4.74 Å². The highest BCUT2D eigenvalue weighted by Gasteiger charge is 2.05. The third-order valence-corrected chi connectivity index (χ3v) is 3.16. The molecule has 1 aromatic carbocycles. The third kappa shape index (κ3) is 3.03. The minimum absolute atomic E-state index is 0.360. The maximum atomic E-state index is 5.90. The molecule has 0 aliphatic carbocycles. The lowest BCUT2D eigenvalue weighted by Gasteiger charge is -2.09. The minimum atomic E-state index is 0.360. The molecule has 0 amide bonds. The van der Waals surface area contributed by atoms with Gasteiger partial charge < -0.3 is 4.74 Å². The minimum Gasteiger partial charge on any atom is -0.455 e. The molecule has 2 nitrogen and oxygen atoms in total. The fraction of sp³-hybridized carbons (Fsp3) is 0.0833. The van der Waals surface area contributed by atoms with E-state index in [0.29, 0.717) is 27.4 Å². The van der Waals surface area contributed by atoms with Crippen LogP contribution in [0.1, 0.15) is 5.56 Å². The van der Waals surface area contributed by atoms with Gasteiger partial charge in [0, 0.05) is 17.8 Å². The summed E-state index contributed by atoms with van der Waals surface area (Å²) in [6.45, 7) is 0. The fourth-order valence-corrected chi connectivity index (χ4v) is 1.79. The summed E-state index contributed by atoms with van der Waals surface area (Å²) >= 11 is 17.5. The van der Waals surface area contributed by atoms with Crippen molar-refractivity contribution in [1.82, 2.24) is 4.98 Å². The van der Waals surface area contributed by atoms with Gasteiger partial charge in [-0.05, 0) is 18.2 Å². The predicted octanol–water partition coefficient (Wildman–Crippen LogP) is 4.92. The molecule has 88 valence electrons. The summed E-state index contributed by atoms with van der Waals surface area (Å²) in [6, 6.07) is 6.87. The first-order chi connectivity index (χ1) is 8.20.